The molecule has 0 aliphatic rings. The summed E-state index contributed by atoms with van der Waals surface area (Å²) < 4.78 is 0. The molecule has 1 aromatic rings. The predicted octanol–water partition coefficient (Wildman–Crippen LogP) is 2.47. The van der Waals surface area contributed by atoms with E-state index in [-0.39, 0.29) is 12.5 Å². The molecule has 0 radical (unpaired) electrons. The molecule has 0 saturated carbocycles. The van der Waals surface area contributed by atoms with Crippen LogP contribution in [0, 0.1) is 0 Å². The van der Waals surface area contributed by atoms with Crippen LogP contribution >= 0.6 is 23.2 Å². The van der Waals surface area contributed by atoms with Gasteiger partial charge in [0, 0.05) is 22.3 Å². The van der Waals surface area contributed by atoms with Gasteiger partial charge >= 0.3 is 0 Å². The van der Waals surface area contributed by atoms with Crippen molar-refractivity contribution in [3.63, 3.8) is 0 Å². The maximum atomic E-state index is 11.6. The van der Waals surface area contributed by atoms with Crippen LogP contribution in [0.15, 0.2) is 18.2 Å². The SMILES string of the molecule is CN(C)CCCNC(=O)CNc1cc(Cl)cc(Cl)c1. The van der Waals surface area contributed by atoms with Gasteiger partial charge in [-0.1, -0.05) is 23.2 Å². The maximum absolute atomic E-state index is 11.6. The number of nitrogens with zero attached hydrogens (tertiary/aromatic N) is 1. The number of carbonyl (C=O) groups excluding carboxylic acids is 1. The number of hydrogen-bond acceptors (Lipinski definition) is 3. The van der Waals surface area contributed by atoms with Crippen molar-refractivity contribution >= 4 is 34.8 Å². The van der Waals surface area contributed by atoms with Gasteiger partial charge in [-0.15, -0.1) is 0 Å². The molecule has 4 nitrogen and oxygen atoms in total. The summed E-state index contributed by atoms with van der Waals surface area (Å²) >= 11 is 11.7. The summed E-state index contributed by atoms with van der Waals surface area (Å²) in [6.07, 6.45) is 0.932. The summed E-state index contributed by atoms with van der Waals surface area (Å²) in [5.74, 6) is -0.0464. The van der Waals surface area contributed by atoms with E-state index in [9.17, 15) is 4.79 Å². The van der Waals surface area contributed by atoms with Crippen molar-refractivity contribution in [1.82, 2.24) is 10.2 Å². The largest absolute Gasteiger partial charge is 0.376 e. The van der Waals surface area contributed by atoms with E-state index in [0.717, 1.165) is 18.7 Å². The van der Waals surface area contributed by atoms with E-state index in [2.05, 4.69) is 15.5 Å². The molecule has 1 rings (SSSR count). The average Bonchev–Trinajstić information content (AvgIpc) is 2.31. The number of rotatable bonds is 7. The molecule has 6 heteroatoms. The lowest BCUT2D eigenvalue weighted by Crippen LogP contribution is -2.31. The number of benzene rings is 1. The zero-order valence-electron chi connectivity index (χ0n) is 11.2. The van der Waals surface area contributed by atoms with Crippen LogP contribution in [0.3, 0.4) is 0 Å². The highest BCUT2D eigenvalue weighted by Crippen LogP contribution is 2.22. The fourth-order valence-corrected chi connectivity index (χ4v) is 2.05. The van der Waals surface area contributed by atoms with Gasteiger partial charge < -0.3 is 15.5 Å². The second-order valence-electron chi connectivity index (χ2n) is 4.52. The second-order valence-corrected chi connectivity index (χ2v) is 5.39. The van der Waals surface area contributed by atoms with Crippen molar-refractivity contribution in [2.75, 3.05) is 39.0 Å². The quantitative estimate of drug-likeness (QED) is 0.761. The topological polar surface area (TPSA) is 44.4 Å². The van der Waals surface area contributed by atoms with Crippen LogP contribution in [0.4, 0.5) is 5.69 Å². The van der Waals surface area contributed by atoms with Crippen molar-refractivity contribution in [1.29, 1.82) is 0 Å². The summed E-state index contributed by atoms with van der Waals surface area (Å²) in [5, 5.41) is 6.91. The molecule has 2 N–H and O–H groups in total. The van der Waals surface area contributed by atoms with Gasteiger partial charge in [-0.25, -0.2) is 0 Å². The molecule has 0 heterocycles. The first kappa shape index (κ1) is 16.1. The van der Waals surface area contributed by atoms with E-state index in [1.165, 1.54) is 0 Å². The number of anilines is 1. The number of halogens is 2. The number of carbonyl (C=O) groups is 1. The van der Waals surface area contributed by atoms with Crippen LogP contribution in [0.5, 0.6) is 0 Å². The van der Waals surface area contributed by atoms with E-state index in [1.807, 2.05) is 14.1 Å². The highest BCUT2D eigenvalue weighted by Gasteiger charge is 2.02. The van der Waals surface area contributed by atoms with Gasteiger partial charge in [0.15, 0.2) is 0 Å². The van der Waals surface area contributed by atoms with Gasteiger partial charge in [0.25, 0.3) is 0 Å². The molecule has 0 aliphatic carbocycles. The standard InChI is InChI=1S/C13H19Cl2N3O/c1-18(2)5-3-4-16-13(19)9-17-12-7-10(14)6-11(15)8-12/h6-8,17H,3-5,9H2,1-2H3,(H,16,19). The summed E-state index contributed by atoms with van der Waals surface area (Å²) in [6, 6.07) is 5.11. The number of hydrogen-bond donors (Lipinski definition) is 2. The fourth-order valence-electron chi connectivity index (χ4n) is 1.52. The van der Waals surface area contributed by atoms with Crippen molar-refractivity contribution in [2.45, 2.75) is 6.42 Å². The van der Waals surface area contributed by atoms with Gasteiger partial charge in [0.2, 0.25) is 5.91 Å². The second kappa shape index (κ2) is 8.25. The third-order valence-electron chi connectivity index (χ3n) is 2.42. The molecule has 0 unspecified atom stereocenters. The zero-order valence-corrected chi connectivity index (χ0v) is 12.7. The Balaban J connectivity index is 2.26. The molecule has 1 aromatic carbocycles. The van der Waals surface area contributed by atoms with Crippen molar-refractivity contribution < 1.29 is 4.79 Å². The predicted molar refractivity (Wildman–Crippen MR) is 81.1 cm³/mol. The normalized spacial score (nSPS) is 10.6. The number of amides is 1. The van der Waals surface area contributed by atoms with Gasteiger partial charge in [-0.2, -0.15) is 0 Å². The summed E-state index contributed by atoms with van der Waals surface area (Å²) in [5.41, 5.74) is 0.737. The first-order chi connectivity index (χ1) is 8.97. The lowest BCUT2D eigenvalue weighted by atomic mass is 10.3. The first-order valence-electron chi connectivity index (χ1n) is 6.09. The molecular formula is C13H19Cl2N3O. The van der Waals surface area contributed by atoms with E-state index in [0.29, 0.717) is 16.6 Å². The molecule has 0 bridgehead atoms. The molecule has 0 atom stereocenters. The molecule has 1 amide bonds. The summed E-state index contributed by atoms with van der Waals surface area (Å²) in [6.45, 7) is 1.84. The Hall–Kier alpha value is -0.970. The Morgan fingerprint density at radius 2 is 1.84 bits per heavy atom. The lowest BCUT2D eigenvalue weighted by molar-refractivity contribution is -0.119. The van der Waals surface area contributed by atoms with E-state index in [4.69, 9.17) is 23.2 Å². The third kappa shape index (κ3) is 7.25. The van der Waals surface area contributed by atoms with Gasteiger partial charge in [-0.3, -0.25) is 4.79 Å². The minimum Gasteiger partial charge on any atom is -0.376 e. The molecule has 0 spiro atoms. The van der Waals surface area contributed by atoms with Gasteiger partial charge in [0.05, 0.1) is 6.54 Å². The van der Waals surface area contributed by atoms with Crippen molar-refractivity contribution in [3.8, 4) is 0 Å². The minimum absolute atomic E-state index is 0.0464. The summed E-state index contributed by atoms with van der Waals surface area (Å²) in [4.78, 5) is 13.7. The fraction of sp³-hybridized carbons (Fsp3) is 0.462. The van der Waals surface area contributed by atoms with Crippen LogP contribution in [-0.4, -0.2) is 44.5 Å². The number of nitrogens with one attached hydrogen (secondary N) is 2. The minimum atomic E-state index is -0.0464. The van der Waals surface area contributed by atoms with Crippen LogP contribution < -0.4 is 10.6 Å². The molecule has 106 valence electrons. The molecule has 0 fully saturated rings. The third-order valence-corrected chi connectivity index (χ3v) is 2.86. The van der Waals surface area contributed by atoms with Gasteiger partial charge in [-0.05, 0) is 45.3 Å². The highest BCUT2D eigenvalue weighted by atomic mass is 35.5. The lowest BCUT2D eigenvalue weighted by Gasteiger charge is -2.11. The Morgan fingerprint density at radius 3 is 2.42 bits per heavy atom. The van der Waals surface area contributed by atoms with E-state index < -0.39 is 0 Å². The first-order valence-corrected chi connectivity index (χ1v) is 6.84. The molecule has 0 aromatic heterocycles. The molecule has 0 aliphatic heterocycles. The van der Waals surface area contributed by atoms with E-state index in [1.54, 1.807) is 18.2 Å². The smallest absolute Gasteiger partial charge is 0.239 e. The highest BCUT2D eigenvalue weighted by molar-refractivity contribution is 6.35. The van der Waals surface area contributed by atoms with Crippen molar-refractivity contribution in [3.05, 3.63) is 28.2 Å². The van der Waals surface area contributed by atoms with Crippen LogP contribution in [0.1, 0.15) is 6.42 Å². The van der Waals surface area contributed by atoms with E-state index >= 15 is 0 Å². The monoisotopic (exact) mass is 303 g/mol. The maximum Gasteiger partial charge on any atom is 0.239 e. The summed E-state index contributed by atoms with van der Waals surface area (Å²) in [7, 11) is 4.01. The van der Waals surface area contributed by atoms with Gasteiger partial charge in [0.1, 0.15) is 0 Å². The van der Waals surface area contributed by atoms with Crippen LogP contribution in [0.25, 0.3) is 0 Å². The average molecular weight is 304 g/mol. The molecular weight excluding hydrogens is 285 g/mol. The zero-order chi connectivity index (χ0) is 14.3. The van der Waals surface area contributed by atoms with Crippen LogP contribution in [0.2, 0.25) is 10.0 Å². The van der Waals surface area contributed by atoms with Crippen LogP contribution in [-0.2, 0) is 4.79 Å². The Morgan fingerprint density at radius 1 is 1.21 bits per heavy atom. The molecule has 0 saturated heterocycles. The molecule has 19 heavy (non-hydrogen) atoms. The Bertz CT molecular complexity index is 404. The Kier molecular flexibility index (Phi) is 6.99. The van der Waals surface area contributed by atoms with Crippen molar-refractivity contribution in [2.24, 2.45) is 0 Å². The Labute approximate surface area is 124 Å².